The lowest BCUT2D eigenvalue weighted by molar-refractivity contribution is -0.138. The summed E-state index contributed by atoms with van der Waals surface area (Å²) in [7, 11) is 0. The van der Waals surface area contributed by atoms with Gasteiger partial charge in [-0.3, -0.25) is 4.90 Å². The van der Waals surface area contributed by atoms with E-state index in [2.05, 4.69) is 20.4 Å². The third-order valence-electron chi connectivity index (χ3n) is 4.07. The second-order valence-corrected chi connectivity index (χ2v) is 5.64. The molecule has 1 aliphatic rings. The van der Waals surface area contributed by atoms with Crippen LogP contribution in [-0.2, 0) is 17.5 Å². The largest absolute Gasteiger partial charge is 0.418 e. The van der Waals surface area contributed by atoms with Gasteiger partial charge in [0.05, 0.1) is 42.6 Å². The number of hydrogen-bond donors (Lipinski definition) is 0. The first kappa shape index (κ1) is 20.1. The molecule has 3 rings (SSSR count). The third-order valence-corrected chi connectivity index (χ3v) is 4.07. The molecular formula is C15H16ClF3N6O. The molecule has 0 saturated carbocycles. The lowest BCUT2D eigenvalue weighted by Gasteiger charge is -2.26. The second kappa shape index (κ2) is 7.99. The number of nitrogens with zero attached hydrogens (tertiary/aromatic N) is 6. The molecule has 0 bridgehead atoms. The maximum Gasteiger partial charge on any atom is 0.418 e. The molecule has 0 amide bonds. The van der Waals surface area contributed by atoms with Gasteiger partial charge in [0, 0.05) is 13.1 Å². The van der Waals surface area contributed by atoms with Crippen molar-refractivity contribution in [2.75, 3.05) is 26.3 Å². The van der Waals surface area contributed by atoms with Crippen molar-refractivity contribution in [3.8, 4) is 11.8 Å². The number of alkyl halides is 3. The highest BCUT2D eigenvalue weighted by atomic mass is 35.5. The number of morpholine rings is 1. The van der Waals surface area contributed by atoms with Gasteiger partial charge in [-0.15, -0.1) is 17.5 Å². The summed E-state index contributed by atoms with van der Waals surface area (Å²) >= 11 is 0. The van der Waals surface area contributed by atoms with Crippen LogP contribution in [0.5, 0.6) is 0 Å². The molecule has 0 radical (unpaired) electrons. The number of benzene rings is 1. The van der Waals surface area contributed by atoms with Gasteiger partial charge in [-0.05, 0) is 35.0 Å². The molecule has 1 saturated heterocycles. The van der Waals surface area contributed by atoms with E-state index in [0.29, 0.717) is 38.7 Å². The van der Waals surface area contributed by atoms with Gasteiger partial charge in [0.25, 0.3) is 0 Å². The average molecular weight is 389 g/mol. The van der Waals surface area contributed by atoms with Crippen LogP contribution in [-0.4, -0.2) is 51.4 Å². The normalized spacial score (nSPS) is 15.3. The zero-order valence-corrected chi connectivity index (χ0v) is 14.6. The minimum atomic E-state index is -4.64. The molecule has 0 atom stereocenters. The van der Waals surface area contributed by atoms with E-state index in [-0.39, 0.29) is 23.7 Å². The Balaban J connectivity index is 0.00000243. The van der Waals surface area contributed by atoms with Crippen molar-refractivity contribution >= 4 is 12.4 Å². The van der Waals surface area contributed by atoms with Crippen LogP contribution in [0.25, 0.3) is 5.69 Å². The lowest BCUT2D eigenvalue weighted by Crippen LogP contribution is -2.36. The Kier molecular flexibility index (Phi) is 6.17. The van der Waals surface area contributed by atoms with Crippen LogP contribution >= 0.6 is 12.4 Å². The SMILES string of the molecule is Cc1c(-n2nnnc2CN2CCOCC2)ccc(C#N)c1C(F)(F)F.Cl. The maximum atomic E-state index is 13.4. The molecular weight excluding hydrogens is 373 g/mol. The monoisotopic (exact) mass is 388 g/mol. The molecule has 1 aliphatic heterocycles. The lowest BCUT2D eigenvalue weighted by atomic mass is 10.0. The average Bonchev–Trinajstić information content (AvgIpc) is 3.02. The van der Waals surface area contributed by atoms with Crippen LogP contribution in [0.2, 0.25) is 0 Å². The number of rotatable bonds is 3. The summed E-state index contributed by atoms with van der Waals surface area (Å²) in [6, 6.07) is 4.17. The molecule has 11 heteroatoms. The number of nitriles is 1. The van der Waals surface area contributed by atoms with E-state index in [0.717, 1.165) is 6.07 Å². The summed E-state index contributed by atoms with van der Waals surface area (Å²) in [5, 5.41) is 20.4. The Hall–Kier alpha value is -2.22. The zero-order valence-electron chi connectivity index (χ0n) is 13.8. The highest BCUT2D eigenvalue weighted by Gasteiger charge is 2.36. The predicted molar refractivity (Wildman–Crippen MR) is 87.0 cm³/mol. The minimum Gasteiger partial charge on any atom is -0.379 e. The molecule has 26 heavy (non-hydrogen) atoms. The first-order valence-electron chi connectivity index (χ1n) is 7.60. The van der Waals surface area contributed by atoms with Crippen LogP contribution in [0.1, 0.15) is 22.5 Å². The van der Waals surface area contributed by atoms with Gasteiger partial charge < -0.3 is 4.74 Å². The number of tetrazole rings is 1. The molecule has 1 fully saturated rings. The summed E-state index contributed by atoms with van der Waals surface area (Å²) in [6.45, 7) is 4.31. The molecule has 0 unspecified atom stereocenters. The van der Waals surface area contributed by atoms with E-state index in [9.17, 15) is 13.2 Å². The first-order valence-corrected chi connectivity index (χ1v) is 7.60. The molecule has 2 aromatic rings. The summed E-state index contributed by atoms with van der Waals surface area (Å²) in [4.78, 5) is 2.06. The molecule has 1 aromatic carbocycles. The van der Waals surface area contributed by atoms with E-state index in [1.54, 1.807) is 6.07 Å². The van der Waals surface area contributed by atoms with Crippen LogP contribution in [0.4, 0.5) is 13.2 Å². The Bertz CT molecular complexity index is 811. The van der Waals surface area contributed by atoms with Gasteiger partial charge in [0.1, 0.15) is 0 Å². The molecule has 2 heterocycles. The summed E-state index contributed by atoms with van der Waals surface area (Å²) in [5.41, 5.74) is -1.25. The van der Waals surface area contributed by atoms with Crippen molar-refractivity contribution in [1.29, 1.82) is 5.26 Å². The van der Waals surface area contributed by atoms with Gasteiger partial charge in [-0.25, -0.2) is 0 Å². The highest BCUT2D eigenvalue weighted by Crippen LogP contribution is 2.36. The number of hydrogen-bond acceptors (Lipinski definition) is 6. The standard InChI is InChI=1S/C15H15F3N6O.ClH/c1-10-12(3-2-11(8-19)14(10)15(16,17)18)24-13(20-21-22-24)9-23-4-6-25-7-5-23;/h2-3H,4-7,9H2,1H3;1H. The summed E-state index contributed by atoms with van der Waals surface area (Å²) < 4.78 is 46.6. The van der Waals surface area contributed by atoms with E-state index in [1.807, 2.05) is 0 Å². The quantitative estimate of drug-likeness (QED) is 0.801. The Morgan fingerprint density at radius 2 is 1.96 bits per heavy atom. The Labute approximate surface area is 153 Å². The molecule has 140 valence electrons. The highest BCUT2D eigenvalue weighted by molar-refractivity contribution is 5.85. The van der Waals surface area contributed by atoms with Crippen molar-refractivity contribution in [2.24, 2.45) is 0 Å². The van der Waals surface area contributed by atoms with Gasteiger partial charge in [0.2, 0.25) is 0 Å². The third kappa shape index (κ3) is 3.95. The summed E-state index contributed by atoms with van der Waals surface area (Å²) in [6.07, 6.45) is -4.64. The topological polar surface area (TPSA) is 79.9 Å². The maximum absolute atomic E-state index is 13.4. The fraction of sp³-hybridized carbons (Fsp3) is 0.467. The van der Waals surface area contributed by atoms with Crippen molar-refractivity contribution in [1.82, 2.24) is 25.1 Å². The number of ether oxygens (including phenoxy) is 1. The number of aromatic nitrogens is 4. The molecule has 0 aliphatic carbocycles. The van der Waals surface area contributed by atoms with Crippen LogP contribution in [0.3, 0.4) is 0 Å². The molecule has 0 spiro atoms. The fourth-order valence-corrected chi connectivity index (χ4v) is 2.84. The molecule has 7 nitrogen and oxygen atoms in total. The predicted octanol–water partition coefficient (Wildman–Crippen LogP) is 2.12. The van der Waals surface area contributed by atoms with Crippen molar-refractivity contribution < 1.29 is 17.9 Å². The van der Waals surface area contributed by atoms with Gasteiger partial charge >= 0.3 is 6.18 Å². The van der Waals surface area contributed by atoms with Crippen LogP contribution in [0, 0.1) is 18.3 Å². The van der Waals surface area contributed by atoms with Crippen LogP contribution in [0.15, 0.2) is 12.1 Å². The van der Waals surface area contributed by atoms with E-state index < -0.39 is 17.3 Å². The van der Waals surface area contributed by atoms with Crippen molar-refractivity contribution in [2.45, 2.75) is 19.6 Å². The van der Waals surface area contributed by atoms with Crippen LogP contribution < -0.4 is 0 Å². The van der Waals surface area contributed by atoms with Gasteiger partial charge in [0.15, 0.2) is 5.82 Å². The van der Waals surface area contributed by atoms with E-state index >= 15 is 0 Å². The van der Waals surface area contributed by atoms with E-state index in [1.165, 1.54) is 17.7 Å². The minimum absolute atomic E-state index is 0. The molecule has 0 N–H and O–H groups in total. The van der Waals surface area contributed by atoms with E-state index in [4.69, 9.17) is 10.00 Å². The first-order chi connectivity index (χ1) is 11.9. The Morgan fingerprint density at radius 1 is 1.27 bits per heavy atom. The van der Waals surface area contributed by atoms with Crippen molar-refractivity contribution in [3.05, 3.63) is 34.6 Å². The Morgan fingerprint density at radius 3 is 2.58 bits per heavy atom. The number of halogens is 4. The van der Waals surface area contributed by atoms with Gasteiger partial charge in [-0.2, -0.15) is 23.1 Å². The second-order valence-electron chi connectivity index (χ2n) is 5.64. The zero-order chi connectivity index (χ0) is 18.0. The van der Waals surface area contributed by atoms with Gasteiger partial charge in [-0.1, -0.05) is 0 Å². The smallest absolute Gasteiger partial charge is 0.379 e. The van der Waals surface area contributed by atoms with Crippen molar-refractivity contribution in [3.63, 3.8) is 0 Å². The summed E-state index contributed by atoms with van der Waals surface area (Å²) in [5.74, 6) is 0.433. The molecule has 1 aromatic heterocycles. The fourth-order valence-electron chi connectivity index (χ4n) is 2.84.